The van der Waals surface area contributed by atoms with E-state index in [-0.39, 0.29) is 11.3 Å². The summed E-state index contributed by atoms with van der Waals surface area (Å²) in [7, 11) is 1.35. The Bertz CT molecular complexity index is 1080. The fourth-order valence-corrected chi connectivity index (χ4v) is 3.97. The van der Waals surface area contributed by atoms with Gasteiger partial charge in [-0.1, -0.05) is 51.1 Å². The van der Waals surface area contributed by atoms with Gasteiger partial charge in [-0.2, -0.15) is 0 Å². The summed E-state index contributed by atoms with van der Waals surface area (Å²) >= 11 is 0. The fraction of sp³-hybridized carbons (Fsp3) is 0.357. The van der Waals surface area contributed by atoms with Gasteiger partial charge in [-0.15, -0.1) is 0 Å². The van der Waals surface area contributed by atoms with Gasteiger partial charge in [0.05, 0.1) is 7.11 Å². The fourth-order valence-electron chi connectivity index (χ4n) is 3.97. The molecule has 3 rings (SSSR count). The van der Waals surface area contributed by atoms with Crippen molar-refractivity contribution in [2.45, 2.75) is 57.9 Å². The SMILES string of the molecule is COC(=O)C(C)(CCCc1cccn1-c1ccccc1)NC(=O)c1ccc(C(C)(C)C)cc1. The molecular weight excluding hydrogens is 412 g/mol. The van der Waals surface area contributed by atoms with Crippen molar-refractivity contribution in [3.05, 3.63) is 89.7 Å². The Morgan fingerprint density at radius 2 is 1.58 bits per heavy atom. The van der Waals surface area contributed by atoms with Crippen LogP contribution in [0, 0.1) is 0 Å². The molecule has 1 heterocycles. The van der Waals surface area contributed by atoms with Crippen molar-refractivity contribution in [2.24, 2.45) is 0 Å². The third kappa shape index (κ3) is 5.92. The predicted molar refractivity (Wildman–Crippen MR) is 132 cm³/mol. The quantitative estimate of drug-likeness (QED) is 0.468. The number of benzene rings is 2. The number of para-hydroxylation sites is 1. The van der Waals surface area contributed by atoms with Crippen LogP contribution in [0.2, 0.25) is 0 Å². The minimum atomic E-state index is -1.11. The lowest BCUT2D eigenvalue weighted by atomic mass is 9.86. The summed E-state index contributed by atoms with van der Waals surface area (Å²) in [5.74, 6) is -0.725. The lowest BCUT2D eigenvalue weighted by Crippen LogP contribution is -2.52. The summed E-state index contributed by atoms with van der Waals surface area (Å²) in [6, 6.07) is 21.8. The van der Waals surface area contributed by atoms with Crippen molar-refractivity contribution in [1.29, 1.82) is 0 Å². The van der Waals surface area contributed by atoms with Crippen LogP contribution in [0.25, 0.3) is 5.69 Å². The summed E-state index contributed by atoms with van der Waals surface area (Å²) in [6.07, 6.45) is 3.98. The van der Waals surface area contributed by atoms with Crippen LogP contribution in [-0.2, 0) is 21.4 Å². The maximum absolute atomic E-state index is 12.9. The Morgan fingerprint density at radius 3 is 2.18 bits per heavy atom. The van der Waals surface area contributed by atoms with Crippen LogP contribution in [0.3, 0.4) is 0 Å². The number of aromatic nitrogens is 1. The molecule has 0 radical (unpaired) electrons. The maximum atomic E-state index is 12.9. The smallest absolute Gasteiger partial charge is 0.331 e. The molecule has 1 amide bonds. The molecule has 5 nitrogen and oxygen atoms in total. The Kier molecular flexibility index (Phi) is 7.42. The molecule has 0 bridgehead atoms. The predicted octanol–water partition coefficient (Wildman–Crippen LogP) is 5.46. The molecule has 0 aliphatic rings. The number of aryl methyl sites for hydroxylation is 1. The van der Waals surface area contributed by atoms with E-state index in [0.717, 1.165) is 23.4 Å². The molecule has 0 aliphatic carbocycles. The third-order valence-electron chi connectivity index (χ3n) is 6.02. The van der Waals surface area contributed by atoms with Gasteiger partial charge in [0.2, 0.25) is 0 Å². The zero-order valence-electron chi connectivity index (χ0n) is 20.2. The molecule has 0 saturated heterocycles. The minimum absolute atomic E-state index is 0.00690. The zero-order chi connectivity index (χ0) is 24.1. The Hall–Kier alpha value is -3.34. The Morgan fingerprint density at radius 1 is 0.909 bits per heavy atom. The standard InChI is InChI=1S/C28H34N2O3/c1-27(2,3)22-17-15-21(16-18-22)25(31)29-28(4,26(32)33-5)19-9-13-24-14-10-20-30(24)23-11-7-6-8-12-23/h6-8,10-12,14-18,20H,9,13,19H2,1-5H3,(H,29,31). The molecule has 1 atom stereocenters. The molecule has 0 fully saturated rings. The van der Waals surface area contributed by atoms with E-state index in [1.165, 1.54) is 7.11 Å². The Labute approximate surface area is 196 Å². The average molecular weight is 447 g/mol. The normalized spacial score (nSPS) is 13.2. The first-order valence-corrected chi connectivity index (χ1v) is 11.4. The van der Waals surface area contributed by atoms with Crippen molar-refractivity contribution < 1.29 is 14.3 Å². The molecule has 0 spiro atoms. The number of amides is 1. The highest BCUT2D eigenvalue weighted by atomic mass is 16.5. The molecule has 174 valence electrons. The van der Waals surface area contributed by atoms with E-state index in [2.05, 4.69) is 48.9 Å². The number of esters is 1. The number of nitrogens with zero attached hydrogens (tertiary/aromatic N) is 1. The van der Waals surface area contributed by atoms with Gasteiger partial charge in [0.15, 0.2) is 0 Å². The molecule has 0 saturated carbocycles. The Balaban J connectivity index is 1.69. The highest BCUT2D eigenvalue weighted by molar-refractivity contribution is 5.98. The molecule has 1 aromatic heterocycles. The second-order valence-corrected chi connectivity index (χ2v) is 9.66. The van der Waals surface area contributed by atoms with Gasteiger partial charge < -0.3 is 14.6 Å². The number of rotatable bonds is 8. The zero-order valence-corrected chi connectivity index (χ0v) is 20.2. The van der Waals surface area contributed by atoms with Gasteiger partial charge in [-0.3, -0.25) is 4.79 Å². The van der Waals surface area contributed by atoms with Crippen molar-refractivity contribution >= 4 is 11.9 Å². The van der Waals surface area contributed by atoms with Crippen LogP contribution in [0.15, 0.2) is 72.9 Å². The van der Waals surface area contributed by atoms with E-state index in [1.54, 1.807) is 19.1 Å². The van der Waals surface area contributed by atoms with Gasteiger partial charge in [-0.25, -0.2) is 4.79 Å². The molecule has 1 unspecified atom stereocenters. The van der Waals surface area contributed by atoms with Crippen molar-refractivity contribution in [3.8, 4) is 5.69 Å². The van der Waals surface area contributed by atoms with Gasteiger partial charge in [0, 0.05) is 23.1 Å². The van der Waals surface area contributed by atoms with E-state index in [4.69, 9.17) is 4.74 Å². The summed E-state index contributed by atoms with van der Waals surface area (Å²) in [4.78, 5) is 25.6. The van der Waals surface area contributed by atoms with E-state index in [0.29, 0.717) is 18.4 Å². The van der Waals surface area contributed by atoms with Crippen molar-refractivity contribution in [3.63, 3.8) is 0 Å². The third-order valence-corrected chi connectivity index (χ3v) is 6.02. The summed E-state index contributed by atoms with van der Waals surface area (Å²) in [5.41, 5.74) is 2.82. The van der Waals surface area contributed by atoms with Crippen LogP contribution < -0.4 is 5.32 Å². The van der Waals surface area contributed by atoms with Crippen molar-refractivity contribution in [2.75, 3.05) is 7.11 Å². The lowest BCUT2D eigenvalue weighted by molar-refractivity contribution is -0.147. The highest BCUT2D eigenvalue weighted by Crippen LogP contribution is 2.23. The first-order chi connectivity index (χ1) is 15.6. The van der Waals surface area contributed by atoms with Gasteiger partial charge in [-0.05, 0) is 73.6 Å². The molecule has 3 aromatic rings. The van der Waals surface area contributed by atoms with Crippen LogP contribution in [0.4, 0.5) is 0 Å². The van der Waals surface area contributed by atoms with E-state index in [1.807, 2.05) is 42.6 Å². The number of hydrogen-bond acceptors (Lipinski definition) is 3. The van der Waals surface area contributed by atoms with Crippen LogP contribution in [0.1, 0.15) is 62.2 Å². The largest absolute Gasteiger partial charge is 0.467 e. The lowest BCUT2D eigenvalue weighted by Gasteiger charge is -2.28. The number of carbonyl (C=O) groups is 2. The van der Waals surface area contributed by atoms with Crippen molar-refractivity contribution in [1.82, 2.24) is 9.88 Å². The van der Waals surface area contributed by atoms with Crippen LogP contribution in [-0.4, -0.2) is 29.1 Å². The van der Waals surface area contributed by atoms with E-state index >= 15 is 0 Å². The summed E-state index contributed by atoms with van der Waals surface area (Å²) < 4.78 is 7.18. The topological polar surface area (TPSA) is 60.3 Å². The van der Waals surface area contributed by atoms with Gasteiger partial charge in [0.25, 0.3) is 5.91 Å². The molecule has 5 heteroatoms. The van der Waals surface area contributed by atoms with Crippen LogP contribution in [0.5, 0.6) is 0 Å². The molecule has 1 N–H and O–H groups in total. The van der Waals surface area contributed by atoms with Gasteiger partial charge >= 0.3 is 5.97 Å². The number of nitrogens with one attached hydrogen (secondary N) is 1. The second kappa shape index (κ2) is 10.1. The number of hydrogen-bond donors (Lipinski definition) is 1. The molecular formula is C28H34N2O3. The monoisotopic (exact) mass is 446 g/mol. The first kappa shape index (κ1) is 24.3. The summed E-state index contributed by atoms with van der Waals surface area (Å²) in [6.45, 7) is 8.12. The van der Waals surface area contributed by atoms with E-state index in [9.17, 15) is 9.59 Å². The highest BCUT2D eigenvalue weighted by Gasteiger charge is 2.36. The minimum Gasteiger partial charge on any atom is -0.467 e. The molecule has 2 aromatic carbocycles. The second-order valence-electron chi connectivity index (χ2n) is 9.66. The number of ether oxygens (including phenoxy) is 1. The molecule has 33 heavy (non-hydrogen) atoms. The maximum Gasteiger partial charge on any atom is 0.331 e. The number of carbonyl (C=O) groups excluding carboxylic acids is 2. The van der Waals surface area contributed by atoms with Crippen LogP contribution >= 0.6 is 0 Å². The van der Waals surface area contributed by atoms with E-state index < -0.39 is 11.5 Å². The first-order valence-electron chi connectivity index (χ1n) is 11.4. The molecule has 0 aliphatic heterocycles. The average Bonchev–Trinajstić information content (AvgIpc) is 3.27. The van der Waals surface area contributed by atoms with Gasteiger partial charge in [0.1, 0.15) is 5.54 Å². The summed E-state index contributed by atoms with van der Waals surface area (Å²) in [5, 5.41) is 2.92. The number of methoxy groups -OCH3 is 1.